The Kier molecular flexibility index (Phi) is 6.30. The highest BCUT2D eigenvalue weighted by Gasteiger charge is 2.26. The number of hydrogen-bond donors (Lipinski definition) is 1. The van der Waals surface area contributed by atoms with Crippen LogP contribution in [0.2, 0.25) is 5.02 Å². The molecule has 0 aliphatic carbocycles. The summed E-state index contributed by atoms with van der Waals surface area (Å²) in [7, 11) is -3.86. The number of halogens is 1. The molecule has 2 aromatic heterocycles. The lowest BCUT2D eigenvalue weighted by Crippen LogP contribution is -2.46. The zero-order valence-corrected chi connectivity index (χ0v) is 20.8. The van der Waals surface area contributed by atoms with Crippen molar-refractivity contribution < 1.29 is 8.42 Å². The van der Waals surface area contributed by atoms with Gasteiger partial charge < -0.3 is 10.6 Å². The van der Waals surface area contributed by atoms with E-state index >= 15 is 0 Å². The second-order valence-corrected chi connectivity index (χ2v) is 11.2. The third-order valence-electron chi connectivity index (χ3n) is 6.30. The van der Waals surface area contributed by atoms with Crippen molar-refractivity contribution in [1.82, 2.24) is 14.2 Å². The fraction of sp³-hybridized carbons (Fsp3) is 0.240. The molecule has 1 aliphatic heterocycles. The normalized spacial score (nSPS) is 16.2. The molecule has 1 fully saturated rings. The van der Waals surface area contributed by atoms with E-state index in [1.54, 1.807) is 36.4 Å². The molecule has 3 heterocycles. The second-order valence-electron chi connectivity index (χ2n) is 8.77. The van der Waals surface area contributed by atoms with E-state index in [2.05, 4.69) is 11.2 Å². The fourth-order valence-corrected chi connectivity index (χ4v) is 5.96. The van der Waals surface area contributed by atoms with Crippen molar-refractivity contribution in [3.05, 3.63) is 87.3 Å². The molecule has 4 aromatic rings. The molecule has 1 saturated heterocycles. The number of sulfone groups is 1. The van der Waals surface area contributed by atoms with Crippen molar-refractivity contribution in [2.45, 2.75) is 35.2 Å². The van der Waals surface area contributed by atoms with Gasteiger partial charge in [0.15, 0.2) is 0 Å². The van der Waals surface area contributed by atoms with Crippen LogP contribution in [0.5, 0.6) is 0 Å². The Morgan fingerprint density at radius 1 is 1.14 bits per heavy atom. The predicted molar refractivity (Wildman–Crippen MR) is 136 cm³/mol. The van der Waals surface area contributed by atoms with Gasteiger partial charge >= 0.3 is 0 Å². The van der Waals surface area contributed by atoms with E-state index in [1.807, 2.05) is 4.90 Å². The van der Waals surface area contributed by atoms with Crippen LogP contribution in [0.4, 0.5) is 5.95 Å². The molecule has 0 amide bonds. The molecule has 0 bridgehead atoms. The van der Waals surface area contributed by atoms with Gasteiger partial charge in [0.2, 0.25) is 15.8 Å². The maximum Gasteiger partial charge on any atom is 0.279 e. The number of anilines is 1. The summed E-state index contributed by atoms with van der Waals surface area (Å²) in [6.07, 6.45) is 3.05. The Morgan fingerprint density at radius 3 is 2.64 bits per heavy atom. The van der Waals surface area contributed by atoms with E-state index in [0.29, 0.717) is 35.2 Å². The van der Waals surface area contributed by atoms with Crippen molar-refractivity contribution in [1.29, 1.82) is 5.26 Å². The largest absolute Gasteiger partial charge is 0.339 e. The summed E-state index contributed by atoms with van der Waals surface area (Å²) in [5, 5.41) is 14.7. The number of rotatable bonds is 5. The minimum Gasteiger partial charge on any atom is -0.339 e. The number of piperidine rings is 1. The average Bonchev–Trinajstić information content (AvgIpc) is 3.32. The van der Waals surface area contributed by atoms with E-state index in [9.17, 15) is 18.5 Å². The summed E-state index contributed by atoms with van der Waals surface area (Å²) in [5.74, 6) is 0.353. The first-order chi connectivity index (χ1) is 17.3. The Labute approximate surface area is 212 Å². The zero-order valence-electron chi connectivity index (χ0n) is 19.2. The first kappa shape index (κ1) is 24.1. The topological polar surface area (TPSA) is 126 Å². The molecule has 36 heavy (non-hydrogen) atoms. The first-order valence-electron chi connectivity index (χ1n) is 11.4. The second kappa shape index (κ2) is 9.43. The quantitative estimate of drug-likeness (QED) is 0.427. The highest BCUT2D eigenvalue weighted by Crippen LogP contribution is 2.25. The van der Waals surface area contributed by atoms with Crippen molar-refractivity contribution >= 4 is 32.9 Å². The molecule has 0 spiro atoms. The van der Waals surface area contributed by atoms with Gasteiger partial charge in [-0.2, -0.15) is 5.26 Å². The number of nitrogens with zero attached hydrogens (tertiary/aromatic N) is 5. The standard InChI is InChI=1S/C25H23ClN6O3S/c26-19-9-8-17(13-27)18(11-19)14-31-24(33)23-12-22(36(34,35)21-6-2-1-3-7-21)16-32(23)29-25(31)30-10-4-5-20(28)15-30/h1-3,6-9,11-12,16,20H,4-5,10,14-15,28H2/t20-/m1/s1. The summed E-state index contributed by atoms with van der Waals surface area (Å²) in [6, 6.07) is 16.3. The van der Waals surface area contributed by atoms with Crippen LogP contribution in [0.15, 0.2) is 75.4 Å². The number of nitriles is 1. The van der Waals surface area contributed by atoms with Gasteiger partial charge in [0.25, 0.3) is 5.56 Å². The molecule has 0 unspecified atom stereocenters. The Bertz CT molecular complexity index is 1660. The molecule has 2 N–H and O–H groups in total. The molecule has 184 valence electrons. The van der Waals surface area contributed by atoms with Crippen molar-refractivity contribution in [2.75, 3.05) is 18.0 Å². The maximum atomic E-state index is 13.8. The predicted octanol–water partition coefficient (Wildman–Crippen LogP) is 2.83. The van der Waals surface area contributed by atoms with Crippen LogP contribution in [0, 0.1) is 11.3 Å². The van der Waals surface area contributed by atoms with Gasteiger partial charge in [0.1, 0.15) is 5.52 Å². The van der Waals surface area contributed by atoms with Gasteiger partial charge in [-0.1, -0.05) is 29.8 Å². The van der Waals surface area contributed by atoms with Crippen molar-refractivity contribution in [3.63, 3.8) is 0 Å². The lowest BCUT2D eigenvalue weighted by molar-refractivity contribution is 0.487. The minimum absolute atomic E-state index is 0.0298. The fourth-order valence-electron chi connectivity index (χ4n) is 4.47. The van der Waals surface area contributed by atoms with Crippen LogP contribution in [-0.4, -0.2) is 41.7 Å². The van der Waals surface area contributed by atoms with E-state index in [1.165, 1.54) is 33.5 Å². The Morgan fingerprint density at radius 2 is 1.92 bits per heavy atom. The van der Waals surface area contributed by atoms with Gasteiger partial charge in [-0.3, -0.25) is 9.36 Å². The Hall–Kier alpha value is -3.65. The average molecular weight is 523 g/mol. The van der Waals surface area contributed by atoms with Gasteiger partial charge in [-0.05, 0) is 54.8 Å². The number of hydrogen-bond acceptors (Lipinski definition) is 7. The van der Waals surface area contributed by atoms with E-state index in [-0.39, 0.29) is 27.9 Å². The van der Waals surface area contributed by atoms with E-state index < -0.39 is 15.4 Å². The molecule has 11 heteroatoms. The lowest BCUT2D eigenvalue weighted by Gasteiger charge is -2.32. The van der Waals surface area contributed by atoms with Crippen LogP contribution in [0.1, 0.15) is 24.0 Å². The van der Waals surface area contributed by atoms with Crippen LogP contribution >= 0.6 is 11.6 Å². The maximum absolute atomic E-state index is 13.8. The van der Waals surface area contributed by atoms with Gasteiger partial charge in [-0.15, -0.1) is 5.10 Å². The highest BCUT2D eigenvalue weighted by molar-refractivity contribution is 7.91. The first-order valence-corrected chi connectivity index (χ1v) is 13.3. The number of benzene rings is 2. The minimum atomic E-state index is -3.86. The number of nitrogens with two attached hydrogens (primary N) is 1. The summed E-state index contributed by atoms with van der Waals surface area (Å²) in [4.78, 5) is 15.8. The molecular weight excluding hydrogens is 500 g/mol. The van der Waals surface area contributed by atoms with Crippen molar-refractivity contribution in [3.8, 4) is 6.07 Å². The van der Waals surface area contributed by atoms with E-state index in [0.717, 1.165) is 12.8 Å². The summed E-state index contributed by atoms with van der Waals surface area (Å²) in [5.41, 5.74) is 6.82. The van der Waals surface area contributed by atoms with Crippen LogP contribution in [0.25, 0.3) is 5.52 Å². The molecule has 0 saturated carbocycles. The van der Waals surface area contributed by atoms with Gasteiger partial charge in [0.05, 0.1) is 28.0 Å². The molecular formula is C25H23ClN6O3S. The molecule has 2 aromatic carbocycles. The summed E-state index contributed by atoms with van der Waals surface area (Å²) < 4.78 is 29.2. The zero-order chi connectivity index (χ0) is 25.4. The molecule has 1 atom stereocenters. The Balaban J connectivity index is 1.70. The summed E-state index contributed by atoms with van der Waals surface area (Å²) >= 11 is 6.18. The van der Waals surface area contributed by atoms with Crippen LogP contribution in [-0.2, 0) is 16.4 Å². The number of fused-ring (bicyclic) bond motifs is 1. The molecule has 5 rings (SSSR count). The third-order valence-corrected chi connectivity index (χ3v) is 8.27. The smallest absolute Gasteiger partial charge is 0.279 e. The monoisotopic (exact) mass is 522 g/mol. The van der Waals surface area contributed by atoms with Gasteiger partial charge in [0, 0.05) is 30.4 Å². The SMILES string of the molecule is N#Cc1ccc(Cl)cc1Cn1c(N2CCC[C@@H](N)C2)nn2cc(S(=O)(=O)c3ccccc3)cc2c1=O. The molecule has 0 radical (unpaired) electrons. The molecule has 1 aliphatic rings. The van der Waals surface area contributed by atoms with E-state index in [4.69, 9.17) is 17.3 Å². The van der Waals surface area contributed by atoms with Crippen molar-refractivity contribution in [2.24, 2.45) is 5.73 Å². The molecule has 9 nitrogen and oxygen atoms in total. The highest BCUT2D eigenvalue weighted by atomic mass is 35.5. The lowest BCUT2D eigenvalue weighted by atomic mass is 10.1. The third kappa shape index (κ3) is 4.37. The number of aromatic nitrogens is 3. The van der Waals surface area contributed by atoms with Crippen LogP contribution < -0.4 is 16.2 Å². The summed E-state index contributed by atoms with van der Waals surface area (Å²) in [6.45, 7) is 1.18. The van der Waals surface area contributed by atoms with Gasteiger partial charge in [-0.25, -0.2) is 12.9 Å². The van der Waals surface area contributed by atoms with Crippen LogP contribution in [0.3, 0.4) is 0 Å².